The van der Waals surface area contributed by atoms with Gasteiger partial charge in [-0.15, -0.1) is 0 Å². The Bertz CT molecular complexity index is 267. The Morgan fingerprint density at radius 3 is 2.00 bits per heavy atom. The van der Waals surface area contributed by atoms with Gasteiger partial charge in [-0.3, -0.25) is 0 Å². The zero-order valence-corrected chi connectivity index (χ0v) is 10.9. The molecule has 0 unspecified atom stereocenters. The van der Waals surface area contributed by atoms with Crippen molar-refractivity contribution in [3.63, 3.8) is 0 Å². The summed E-state index contributed by atoms with van der Waals surface area (Å²) in [7, 11) is 0. The fourth-order valence-corrected chi connectivity index (χ4v) is 1.75. The van der Waals surface area contributed by atoms with Gasteiger partial charge in [0.15, 0.2) is 0 Å². The lowest BCUT2D eigenvalue weighted by molar-refractivity contribution is 0.949. The summed E-state index contributed by atoms with van der Waals surface area (Å²) in [6.45, 7) is 2.39. The maximum absolute atomic E-state index is 5.80. The average Bonchev–Trinajstić information content (AvgIpc) is 2.73. The second kappa shape index (κ2) is 7.02. The molecule has 0 atom stereocenters. The Morgan fingerprint density at radius 1 is 1.07 bits per heavy atom. The highest BCUT2D eigenvalue weighted by molar-refractivity contribution is 7.97. The van der Waals surface area contributed by atoms with E-state index >= 15 is 0 Å². The van der Waals surface area contributed by atoms with Crippen LogP contribution in [0.1, 0.15) is 12.8 Å². The average molecular weight is 244 g/mol. The number of anilines is 1. The van der Waals surface area contributed by atoms with Crippen molar-refractivity contribution in [3.05, 3.63) is 29.3 Å². The van der Waals surface area contributed by atoms with Gasteiger partial charge in [-0.1, -0.05) is 11.6 Å². The molecule has 1 saturated heterocycles. The summed E-state index contributed by atoms with van der Waals surface area (Å²) in [6, 6.07) is 8.09. The molecule has 0 aromatic heterocycles. The summed E-state index contributed by atoms with van der Waals surface area (Å²) in [5.74, 6) is 0. The Balaban J connectivity index is 0.000000337. The molecular weight excluding hydrogens is 226 g/mol. The van der Waals surface area contributed by atoms with E-state index in [4.69, 9.17) is 11.6 Å². The molecule has 0 amide bonds. The predicted molar refractivity (Wildman–Crippen MR) is 72.3 cm³/mol. The Hall–Kier alpha value is -0.340. The van der Waals surface area contributed by atoms with E-state index in [1.165, 1.54) is 31.6 Å². The van der Waals surface area contributed by atoms with Gasteiger partial charge < -0.3 is 4.90 Å². The van der Waals surface area contributed by atoms with Crippen molar-refractivity contribution in [1.29, 1.82) is 0 Å². The van der Waals surface area contributed by atoms with Crippen molar-refractivity contribution in [2.45, 2.75) is 12.8 Å². The first kappa shape index (κ1) is 12.7. The largest absolute Gasteiger partial charge is 0.372 e. The number of halogens is 1. The molecule has 1 fully saturated rings. The van der Waals surface area contributed by atoms with Gasteiger partial charge in [0.1, 0.15) is 0 Å². The van der Waals surface area contributed by atoms with Crippen molar-refractivity contribution < 1.29 is 0 Å². The summed E-state index contributed by atoms with van der Waals surface area (Å²) in [5, 5.41) is 0.818. The van der Waals surface area contributed by atoms with E-state index in [1.54, 1.807) is 11.8 Å². The number of benzene rings is 1. The molecule has 84 valence electrons. The monoisotopic (exact) mass is 243 g/mol. The van der Waals surface area contributed by atoms with Crippen molar-refractivity contribution in [3.8, 4) is 0 Å². The molecule has 1 heterocycles. The number of thioether (sulfide) groups is 1. The van der Waals surface area contributed by atoms with E-state index in [0.29, 0.717) is 0 Å². The standard InChI is InChI=1S/C10H12ClN.C2H6S/c11-9-3-5-10(6-4-9)12-7-1-2-8-12;1-3-2/h3-6H,1-2,7-8H2;1-2H3. The minimum Gasteiger partial charge on any atom is -0.372 e. The smallest absolute Gasteiger partial charge is 0.0407 e. The van der Waals surface area contributed by atoms with E-state index in [2.05, 4.69) is 17.0 Å². The van der Waals surface area contributed by atoms with Crippen LogP contribution < -0.4 is 4.90 Å². The highest BCUT2D eigenvalue weighted by Gasteiger charge is 2.11. The maximum atomic E-state index is 5.80. The zero-order chi connectivity index (χ0) is 11.1. The minimum atomic E-state index is 0.818. The van der Waals surface area contributed by atoms with E-state index in [-0.39, 0.29) is 0 Å². The number of rotatable bonds is 1. The second-order valence-electron chi connectivity index (χ2n) is 3.58. The molecule has 1 aromatic rings. The normalized spacial score (nSPS) is 14.7. The van der Waals surface area contributed by atoms with E-state index in [1.807, 2.05) is 24.6 Å². The molecule has 1 nitrogen and oxygen atoms in total. The van der Waals surface area contributed by atoms with Crippen LogP contribution in [0.5, 0.6) is 0 Å². The van der Waals surface area contributed by atoms with Crippen LogP contribution in [0.15, 0.2) is 24.3 Å². The molecule has 1 aromatic carbocycles. The molecule has 0 spiro atoms. The first-order valence-corrected chi connectivity index (χ1v) is 7.19. The van der Waals surface area contributed by atoms with E-state index < -0.39 is 0 Å². The van der Waals surface area contributed by atoms with Gasteiger partial charge >= 0.3 is 0 Å². The van der Waals surface area contributed by atoms with Crippen LogP contribution in [-0.4, -0.2) is 25.6 Å². The second-order valence-corrected chi connectivity index (χ2v) is 4.83. The van der Waals surface area contributed by atoms with Crippen LogP contribution in [-0.2, 0) is 0 Å². The van der Waals surface area contributed by atoms with Crippen molar-refractivity contribution >= 4 is 29.1 Å². The predicted octanol–water partition coefficient (Wildman–Crippen LogP) is 3.92. The Kier molecular flexibility index (Phi) is 5.96. The summed E-state index contributed by atoms with van der Waals surface area (Å²) < 4.78 is 0. The summed E-state index contributed by atoms with van der Waals surface area (Å²) in [5.41, 5.74) is 1.30. The Labute approximate surface area is 102 Å². The SMILES string of the molecule is CSC.Clc1ccc(N2CCCC2)cc1. The molecule has 0 aliphatic carbocycles. The van der Waals surface area contributed by atoms with E-state index in [0.717, 1.165) is 5.02 Å². The summed E-state index contributed by atoms with van der Waals surface area (Å²) in [4.78, 5) is 2.40. The van der Waals surface area contributed by atoms with Crippen molar-refractivity contribution in [2.75, 3.05) is 30.5 Å². The highest BCUT2D eigenvalue weighted by Crippen LogP contribution is 2.21. The van der Waals surface area contributed by atoms with Gasteiger partial charge in [0, 0.05) is 23.8 Å². The number of hydrogen-bond donors (Lipinski definition) is 0. The minimum absolute atomic E-state index is 0.818. The van der Waals surface area contributed by atoms with Gasteiger partial charge in [0.2, 0.25) is 0 Å². The van der Waals surface area contributed by atoms with Crippen molar-refractivity contribution in [2.24, 2.45) is 0 Å². The fourth-order valence-electron chi connectivity index (χ4n) is 1.63. The molecule has 3 heteroatoms. The van der Waals surface area contributed by atoms with Crippen LogP contribution in [0.4, 0.5) is 5.69 Å². The molecule has 0 radical (unpaired) electrons. The molecule has 2 rings (SSSR count). The summed E-state index contributed by atoms with van der Waals surface area (Å²) in [6.07, 6.45) is 6.73. The lowest BCUT2D eigenvalue weighted by Gasteiger charge is -2.16. The van der Waals surface area contributed by atoms with Crippen LogP contribution in [0.2, 0.25) is 5.02 Å². The van der Waals surface area contributed by atoms with E-state index in [9.17, 15) is 0 Å². The van der Waals surface area contributed by atoms with Gasteiger partial charge in [0.25, 0.3) is 0 Å². The molecule has 15 heavy (non-hydrogen) atoms. The van der Waals surface area contributed by atoms with Crippen LogP contribution in [0.25, 0.3) is 0 Å². The van der Waals surface area contributed by atoms with Crippen LogP contribution in [0, 0.1) is 0 Å². The third-order valence-electron chi connectivity index (χ3n) is 2.30. The Morgan fingerprint density at radius 2 is 1.53 bits per heavy atom. The maximum Gasteiger partial charge on any atom is 0.0407 e. The first-order chi connectivity index (χ1) is 7.27. The molecule has 1 aliphatic heterocycles. The third kappa shape index (κ3) is 4.35. The molecule has 0 bridgehead atoms. The quantitative estimate of drug-likeness (QED) is 0.736. The van der Waals surface area contributed by atoms with Gasteiger partial charge in [-0.25, -0.2) is 0 Å². The molecule has 0 saturated carbocycles. The van der Waals surface area contributed by atoms with Gasteiger partial charge in [-0.05, 0) is 49.6 Å². The lowest BCUT2D eigenvalue weighted by Crippen LogP contribution is -2.17. The van der Waals surface area contributed by atoms with Gasteiger partial charge in [-0.2, -0.15) is 11.8 Å². The van der Waals surface area contributed by atoms with Crippen LogP contribution in [0.3, 0.4) is 0 Å². The third-order valence-corrected chi connectivity index (χ3v) is 2.55. The first-order valence-electron chi connectivity index (χ1n) is 5.18. The van der Waals surface area contributed by atoms with Crippen molar-refractivity contribution in [1.82, 2.24) is 0 Å². The molecular formula is C12H18ClNS. The van der Waals surface area contributed by atoms with Crippen LogP contribution >= 0.6 is 23.4 Å². The lowest BCUT2D eigenvalue weighted by atomic mass is 10.3. The highest BCUT2D eigenvalue weighted by atomic mass is 35.5. The fraction of sp³-hybridized carbons (Fsp3) is 0.500. The number of hydrogen-bond acceptors (Lipinski definition) is 2. The zero-order valence-electron chi connectivity index (χ0n) is 9.37. The number of nitrogens with zero attached hydrogens (tertiary/aromatic N) is 1. The topological polar surface area (TPSA) is 3.24 Å². The molecule has 1 aliphatic rings. The molecule has 0 N–H and O–H groups in total. The van der Waals surface area contributed by atoms with Gasteiger partial charge in [0.05, 0.1) is 0 Å². The summed E-state index contributed by atoms with van der Waals surface area (Å²) >= 11 is 7.55.